The first-order valence-corrected chi connectivity index (χ1v) is 10.4. The van der Waals surface area contributed by atoms with Crippen molar-refractivity contribution in [2.24, 2.45) is 5.92 Å². The SMILES string of the molecule is CCC(C)Cc1ccc(-c2cnc(N)c(C(=N)[N+](=O)c3ccc(CNC)cc3)n2)cc1. The first kappa shape index (κ1) is 22.2. The smallest absolute Gasteiger partial charge is 0.382 e. The molecule has 160 valence electrons. The lowest BCUT2D eigenvalue weighted by Gasteiger charge is -2.09. The van der Waals surface area contributed by atoms with Crippen molar-refractivity contribution in [2.75, 3.05) is 12.8 Å². The van der Waals surface area contributed by atoms with Crippen LogP contribution < -0.4 is 11.1 Å². The number of nitrogens with zero attached hydrogens (tertiary/aromatic N) is 3. The zero-order chi connectivity index (χ0) is 22.4. The molecule has 2 aromatic carbocycles. The molecule has 0 bridgehead atoms. The summed E-state index contributed by atoms with van der Waals surface area (Å²) in [6.45, 7) is 5.13. The summed E-state index contributed by atoms with van der Waals surface area (Å²) in [6, 6.07) is 15.2. The van der Waals surface area contributed by atoms with Gasteiger partial charge in [-0.05, 0) is 42.6 Å². The highest BCUT2D eigenvalue weighted by Crippen LogP contribution is 2.22. The van der Waals surface area contributed by atoms with Crippen molar-refractivity contribution >= 4 is 17.3 Å². The van der Waals surface area contributed by atoms with Crippen LogP contribution in [0.25, 0.3) is 11.3 Å². The minimum absolute atomic E-state index is 0.0507. The van der Waals surface area contributed by atoms with E-state index in [9.17, 15) is 4.91 Å². The largest absolute Gasteiger partial charge is 0.388 e. The number of rotatable bonds is 8. The maximum absolute atomic E-state index is 12.7. The van der Waals surface area contributed by atoms with Crippen LogP contribution in [-0.2, 0) is 13.0 Å². The Kier molecular flexibility index (Phi) is 7.20. The summed E-state index contributed by atoms with van der Waals surface area (Å²) in [7, 11) is 1.86. The molecule has 1 heterocycles. The average Bonchev–Trinajstić information content (AvgIpc) is 2.79. The summed E-state index contributed by atoms with van der Waals surface area (Å²) in [5.41, 5.74) is 10.1. The second-order valence-corrected chi connectivity index (χ2v) is 7.74. The van der Waals surface area contributed by atoms with Gasteiger partial charge in [0.15, 0.2) is 11.5 Å². The molecule has 0 fully saturated rings. The van der Waals surface area contributed by atoms with Crippen molar-refractivity contribution in [3.8, 4) is 11.3 Å². The van der Waals surface area contributed by atoms with E-state index in [0.717, 1.165) is 24.0 Å². The molecule has 0 amide bonds. The maximum atomic E-state index is 12.7. The first-order chi connectivity index (χ1) is 14.9. The second-order valence-electron chi connectivity index (χ2n) is 7.74. The van der Waals surface area contributed by atoms with E-state index in [1.165, 1.54) is 5.56 Å². The van der Waals surface area contributed by atoms with E-state index in [2.05, 4.69) is 41.3 Å². The summed E-state index contributed by atoms with van der Waals surface area (Å²) in [6.07, 6.45) is 3.73. The number of aromatic nitrogens is 2. The van der Waals surface area contributed by atoms with Gasteiger partial charge in [-0.25, -0.2) is 9.97 Å². The van der Waals surface area contributed by atoms with Gasteiger partial charge in [0, 0.05) is 16.9 Å². The maximum Gasteiger partial charge on any atom is 0.388 e. The van der Waals surface area contributed by atoms with Crippen LogP contribution in [0.5, 0.6) is 0 Å². The Morgan fingerprint density at radius 2 is 1.77 bits per heavy atom. The zero-order valence-corrected chi connectivity index (χ0v) is 18.2. The van der Waals surface area contributed by atoms with Gasteiger partial charge in [-0.1, -0.05) is 67.0 Å². The van der Waals surface area contributed by atoms with Crippen LogP contribution in [0.15, 0.2) is 54.7 Å². The third-order valence-corrected chi connectivity index (χ3v) is 5.31. The summed E-state index contributed by atoms with van der Waals surface area (Å²) in [4.78, 5) is 21.4. The minimum Gasteiger partial charge on any atom is -0.382 e. The molecule has 1 unspecified atom stereocenters. The molecule has 3 rings (SSSR count). The third kappa shape index (κ3) is 5.38. The molecule has 7 nitrogen and oxygen atoms in total. The van der Waals surface area contributed by atoms with Crippen LogP contribution in [0.4, 0.5) is 11.5 Å². The van der Waals surface area contributed by atoms with Crippen LogP contribution in [0.2, 0.25) is 0 Å². The molecule has 3 aromatic rings. The van der Waals surface area contributed by atoms with Crippen LogP contribution >= 0.6 is 0 Å². The van der Waals surface area contributed by atoms with Gasteiger partial charge < -0.3 is 11.1 Å². The van der Waals surface area contributed by atoms with Gasteiger partial charge in [-0.2, -0.15) is 0 Å². The molecule has 0 aliphatic rings. The fourth-order valence-electron chi connectivity index (χ4n) is 3.25. The van der Waals surface area contributed by atoms with Crippen LogP contribution in [0, 0.1) is 16.2 Å². The van der Waals surface area contributed by atoms with E-state index >= 15 is 0 Å². The van der Waals surface area contributed by atoms with Crippen LogP contribution in [-0.4, -0.2) is 27.6 Å². The van der Waals surface area contributed by atoms with Gasteiger partial charge in [0.2, 0.25) is 5.69 Å². The lowest BCUT2D eigenvalue weighted by atomic mass is 9.98. The third-order valence-electron chi connectivity index (χ3n) is 5.31. The molecule has 0 saturated heterocycles. The van der Waals surface area contributed by atoms with E-state index in [1.807, 2.05) is 31.3 Å². The highest BCUT2D eigenvalue weighted by atomic mass is 16.3. The number of nitrogen functional groups attached to an aromatic ring is 1. The number of amidine groups is 1. The second kappa shape index (κ2) is 10.0. The lowest BCUT2D eigenvalue weighted by Crippen LogP contribution is -2.18. The normalized spacial score (nSPS) is 11.8. The number of benzene rings is 2. The van der Waals surface area contributed by atoms with Crippen molar-refractivity contribution in [1.82, 2.24) is 15.3 Å². The highest BCUT2D eigenvalue weighted by Gasteiger charge is 2.26. The molecule has 4 N–H and O–H groups in total. The van der Waals surface area contributed by atoms with E-state index in [1.54, 1.807) is 18.3 Å². The van der Waals surface area contributed by atoms with Gasteiger partial charge in [-0.3, -0.25) is 0 Å². The first-order valence-electron chi connectivity index (χ1n) is 10.4. The Balaban J connectivity index is 1.83. The summed E-state index contributed by atoms with van der Waals surface area (Å²) in [5.74, 6) is 0.334. The molecule has 0 spiro atoms. The predicted octanol–water partition coefficient (Wildman–Crippen LogP) is 4.47. The monoisotopic (exact) mass is 417 g/mol. The Morgan fingerprint density at radius 3 is 2.39 bits per heavy atom. The van der Waals surface area contributed by atoms with Gasteiger partial charge in [0.25, 0.3) is 0 Å². The summed E-state index contributed by atoms with van der Waals surface area (Å²) >= 11 is 0. The molecule has 7 heteroatoms. The lowest BCUT2D eigenvalue weighted by molar-refractivity contribution is -0.331. The molecule has 0 radical (unpaired) electrons. The molecule has 0 saturated carbocycles. The molecular weight excluding hydrogens is 388 g/mol. The number of hydrogen-bond donors (Lipinski definition) is 3. The summed E-state index contributed by atoms with van der Waals surface area (Å²) < 4.78 is 0.516. The topological polar surface area (TPSA) is 108 Å². The number of anilines is 1. The Bertz CT molecular complexity index is 1060. The van der Waals surface area contributed by atoms with Gasteiger partial charge >= 0.3 is 5.84 Å². The Hall–Kier alpha value is -3.45. The van der Waals surface area contributed by atoms with Gasteiger partial charge in [0.05, 0.1) is 11.9 Å². The van der Waals surface area contributed by atoms with Crippen molar-refractivity contribution < 1.29 is 4.76 Å². The quantitative estimate of drug-likeness (QED) is 0.285. The Morgan fingerprint density at radius 1 is 1.13 bits per heavy atom. The fraction of sp³-hybridized carbons (Fsp3) is 0.292. The fourth-order valence-corrected chi connectivity index (χ4v) is 3.25. The van der Waals surface area contributed by atoms with Gasteiger partial charge in [0.1, 0.15) is 0 Å². The number of nitroso groups, excluding NO2 is 1. The molecule has 0 aliphatic heterocycles. The highest BCUT2D eigenvalue weighted by molar-refractivity contribution is 5.94. The number of nitrogens with one attached hydrogen (secondary N) is 2. The van der Waals surface area contributed by atoms with Crippen molar-refractivity contribution in [3.63, 3.8) is 0 Å². The zero-order valence-electron chi connectivity index (χ0n) is 18.2. The van der Waals surface area contributed by atoms with E-state index in [0.29, 0.717) is 28.6 Å². The van der Waals surface area contributed by atoms with Crippen molar-refractivity contribution in [3.05, 3.63) is 76.5 Å². The van der Waals surface area contributed by atoms with Crippen molar-refractivity contribution in [1.29, 1.82) is 5.41 Å². The average molecular weight is 418 g/mol. The van der Waals surface area contributed by atoms with Crippen LogP contribution in [0.1, 0.15) is 37.1 Å². The van der Waals surface area contributed by atoms with Crippen LogP contribution in [0.3, 0.4) is 0 Å². The van der Waals surface area contributed by atoms with Crippen molar-refractivity contribution in [2.45, 2.75) is 33.2 Å². The predicted molar refractivity (Wildman–Crippen MR) is 124 cm³/mol. The summed E-state index contributed by atoms with van der Waals surface area (Å²) in [5, 5.41) is 11.4. The van der Waals surface area contributed by atoms with E-state index < -0.39 is 0 Å². The molecule has 0 aliphatic carbocycles. The van der Waals surface area contributed by atoms with E-state index in [-0.39, 0.29) is 17.3 Å². The standard InChI is InChI=1S/C24H29N6O/c1-4-16(2)13-17-5-9-19(10-6-17)21-15-28-23(25)22(29-21)24(26)30(31)20-11-7-18(8-12-20)14-27-3/h5-12,15-16,26-27H,4,13-14H2,1-3H3,(H2,25,28)/q+1. The minimum atomic E-state index is -0.346. The molecule has 1 aromatic heterocycles. The number of hydrogen-bond acceptors (Lipinski definition) is 6. The van der Waals surface area contributed by atoms with Gasteiger partial charge in [-0.15, -0.1) is 0 Å². The molecular formula is C24H29N6O+. The van der Waals surface area contributed by atoms with E-state index in [4.69, 9.17) is 11.1 Å². The number of nitrogens with two attached hydrogens (primary N) is 1. The molecule has 31 heavy (non-hydrogen) atoms. The molecule has 1 atom stereocenters. The Labute approximate surface area is 182 Å².